The van der Waals surface area contributed by atoms with Crippen LogP contribution in [0.3, 0.4) is 0 Å². The Morgan fingerprint density at radius 1 is 1.46 bits per heavy atom. The van der Waals surface area contributed by atoms with E-state index in [4.69, 9.17) is 5.73 Å². The fourth-order valence-electron chi connectivity index (χ4n) is 1.31. The van der Waals surface area contributed by atoms with Gasteiger partial charge in [0, 0.05) is 12.6 Å². The molecule has 0 saturated heterocycles. The van der Waals surface area contributed by atoms with Gasteiger partial charge in [-0.25, -0.2) is 0 Å². The molecule has 0 heterocycles. The molecule has 0 fully saturated rings. The van der Waals surface area contributed by atoms with E-state index in [1.807, 2.05) is 20.9 Å². The third-order valence-corrected chi connectivity index (χ3v) is 2.01. The summed E-state index contributed by atoms with van der Waals surface area (Å²) in [7, 11) is 1.95. The highest BCUT2D eigenvalue weighted by Crippen LogP contribution is 2.12. The van der Waals surface area contributed by atoms with Crippen molar-refractivity contribution >= 4 is 0 Å². The Morgan fingerprint density at radius 3 is 2.54 bits per heavy atom. The van der Waals surface area contributed by atoms with Crippen molar-refractivity contribution in [2.75, 3.05) is 13.6 Å². The van der Waals surface area contributed by atoms with Crippen LogP contribution in [0, 0.1) is 0 Å². The smallest absolute Gasteiger partial charge is 0.0438 e. The maximum Gasteiger partial charge on any atom is 0.0438 e. The molecule has 1 atom stereocenters. The van der Waals surface area contributed by atoms with Gasteiger partial charge in [-0.1, -0.05) is 32.1 Å². The molecule has 0 saturated carbocycles. The lowest BCUT2D eigenvalue weighted by atomic mass is 10.0. The van der Waals surface area contributed by atoms with Gasteiger partial charge in [-0.3, -0.25) is 0 Å². The van der Waals surface area contributed by atoms with Crippen LogP contribution in [0.25, 0.3) is 0 Å². The first kappa shape index (κ1) is 12.4. The molecule has 0 aromatic carbocycles. The molecule has 0 bridgehead atoms. The van der Waals surface area contributed by atoms with Crippen LogP contribution in [-0.4, -0.2) is 19.6 Å². The van der Waals surface area contributed by atoms with Crippen molar-refractivity contribution in [1.29, 1.82) is 0 Å². The zero-order chi connectivity index (χ0) is 10.1. The lowest BCUT2D eigenvalue weighted by molar-refractivity contribution is 0.650. The number of hydrogen-bond acceptors (Lipinski definition) is 2. The maximum atomic E-state index is 5.58. The Kier molecular flexibility index (Phi) is 7.65. The van der Waals surface area contributed by atoms with Gasteiger partial charge in [-0.15, -0.1) is 0 Å². The van der Waals surface area contributed by atoms with Gasteiger partial charge in [0.2, 0.25) is 0 Å². The van der Waals surface area contributed by atoms with E-state index in [-0.39, 0.29) is 0 Å². The van der Waals surface area contributed by atoms with Crippen molar-refractivity contribution in [2.45, 2.75) is 32.7 Å². The molecule has 0 amide bonds. The van der Waals surface area contributed by atoms with Crippen LogP contribution in [0.5, 0.6) is 0 Å². The van der Waals surface area contributed by atoms with Crippen LogP contribution < -0.4 is 11.1 Å². The van der Waals surface area contributed by atoms with Crippen LogP contribution in [0.4, 0.5) is 0 Å². The highest BCUT2D eigenvalue weighted by Gasteiger charge is 2.07. The third-order valence-electron chi connectivity index (χ3n) is 2.01. The average Bonchev–Trinajstić information content (AvgIpc) is 2.24. The Morgan fingerprint density at radius 2 is 2.15 bits per heavy atom. The van der Waals surface area contributed by atoms with E-state index in [1.54, 1.807) is 0 Å². The summed E-state index contributed by atoms with van der Waals surface area (Å²) >= 11 is 0. The molecule has 1 rings (SSSR count). The Hall–Kier alpha value is -0.600. The second-order valence-corrected chi connectivity index (χ2v) is 2.76. The first-order valence-corrected chi connectivity index (χ1v) is 5.12. The number of allylic oxidation sites excluding steroid dienone is 2. The Labute approximate surface area is 81.9 Å². The van der Waals surface area contributed by atoms with Crippen LogP contribution in [0.2, 0.25) is 0 Å². The van der Waals surface area contributed by atoms with Gasteiger partial charge < -0.3 is 11.1 Å². The molecule has 13 heavy (non-hydrogen) atoms. The van der Waals surface area contributed by atoms with E-state index in [0.717, 1.165) is 6.42 Å². The Bertz CT molecular complexity index is 167. The predicted molar refractivity (Wildman–Crippen MR) is 59.7 cm³/mol. The Balaban J connectivity index is 0.000000671. The van der Waals surface area contributed by atoms with E-state index < -0.39 is 0 Å². The fraction of sp³-hybridized carbons (Fsp3) is 0.636. The molecule has 0 aromatic rings. The van der Waals surface area contributed by atoms with Gasteiger partial charge >= 0.3 is 0 Å². The second kappa shape index (κ2) is 8.02. The van der Waals surface area contributed by atoms with E-state index in [0.29, 0.717) is 12.6 Å². The molecule has 2 heteroatoms. The minimum atomic E-state index is 0.339. The van der Waals surface area contributed by atoms with Crippen molar-refractivity contribution in [3.05, 3.63) is 23.8 Å². The van der Waals surface area contributed by atoms with E-state index in [2.05, 4.69) is 23.5 Å². The lowest BCUT2D eigenvalue weighted by Crippen LogP contribution is -2.34. The first-order chi connectivity index (χ1) is 6.38. The van der Waals surface area contributed by atoms with Crippen LogP contribution in [0.1, 0.15) is 26.7 Å². The van der Waals surface area contributed by atoms with Crippen molar-refractivity contribution in [3.63, 3.8) is 0 Å². The van der Waals surface area contributed by atoms with Crippen molar-refractivity contribution in [1.82, 2.24) is 5.32 Å². The van der Waals surface area contributed by atoms with Crippen LogP contribution >= 0.6 is 0 Å². The quantitative estimate of drug-likeness (QED) is 0.699. The maximum absolute atomic E-state index is 5.58. The molecule has 2 nitrogen and oxygen atoms in total. The molecule has 1 aliphatic rings. The number of rotatable bonds is 3. The molecule has 1 aliphatic carbocycles. The molecular weight excluding hydrogens is 160 g/mol. The summed E-state index contributed by atoms with van der Waals surface area (Å²) in [6.07, 6.45) is 8.95. The minimum absolute atomic E-state index is 0.339. The lowest BCUT2D eigenvalue weighted by Gasteiger charge is -2.17. The van der Waals surface area contributed by atoms with E-state index >= 15 is 0 Å². The topological polar surface area (TPSA) is 38.0 Å². The molecule has 3 N–H and O–H groups in total. The zero-order valence-corrected chi connectivity index (χ0v) is 9.01. The highest BCUT2D eigenvalue weighted by molar-refractivity contribution is 5.27. The van der Waals surface area contributed by atoms with E-state index in [9.17, 15) is 0 Å². The fourth-order valence-corrected chi connectivity index (χ4v) is 1.31. The number of likely N-dealkylation sites (N-methyl/N-ethyl adjacent to an activating group) is 1. The highest BCUT2D eigenvalue weighted by atomic mass is 14.9. The third kappa shape index (κ3) is 4.25. The van der Waals surface area contributed by atoms with Crippen molar-refractivity contribution in [3.8, 4) is 0 Å². The molecule has 1 unspecified atom stereocenters. The van der Waals surface area contributed by atoms with Crippen molar-refractivity contribution < 1.29 is 0 Å². The van der Waals surface area contributed by atoms with Gasteiger partial charge in [0.15, 0.2) is 0 Å². The standard InChI is InChI=1S/C9H16N2.C2H6/c1-11-9(7-10)8-5-3-2-4-6-8;1-2/h3,5-6,9,11H,2,4,7,10H2,1H3;1-2H3. The minimum Gasteiger partial charge on any atom is -0.329 e. The normalized spacial score (nSPS) is 17.1. The summed E-state index contributed by atoms with van der Waals surface area (Å²) in [6.45, 7) is 4.67. The molecule has 76 valence electrons. The number of hydrogen-bond donors (Lipinski definition) is 2. The number of nitrogens with two attached hydrogens (primary N) is 1. The summed E-state index contributed by atoms with van der Waals surface area (Å²) in [4.78, 5) is 0. The molecule has 0 aliphatic heterocycles. The van der Waals surface area contributed by atoms with Gasteiger partial charge in [0.25, 0.3) is 0 Å². The summed E-state index contributed by atoms with van der Waals surface area (Å²) in [5.74, 6) is 0. The largest absolute Gasteiger partial charge is 0.329 e. The van der Waals surface area contributed by atoms with Gasteiger partial charge in [-0.05, 0) is 25.5 Å². The zero-order valence-electron chi connectivity index (χ0n) is 9.01. The molecular formula is C11H22N2. The molecule has 0 aromatic heterocycles. The SMILES string of the molecule is CC.CNC(CN)C1=CCCC=C1. The van der Waals surface area contributed by atoms with Crippen LogP contribution in [-0.2, 0) is 0 Å². The summed E-state index contributed by atoms with van der Waals surface area (Å²) < 4.78 is 0. The van der Waals surface area contributed by atoms with Gasteiger partial charge in [0.1, 0.15) is 0 Å². The summed E-state index contributed by atoms with van der Waals surface area (Å²) in [5, 5.41) is 3.18. The van der Waals surface area contributed by atoms with Gasteiger partial charge in [0.05, 0.1) is 0 Å². The average molecular weight is 182 g/mol. The van der Waals surface area contributed by atoms with Crippen LogP contribution in [0.15, 0.2) is 23.8 Å². The van der Waals surface area contributed by atoms with Gasteiger partial charge in [-0.2, -0.15) is 0 Å². The molecule has 0 spiro atoms. The first-order valence-electron chi connectivity index (χ1n) is 5.12. The summed E-state index contributed by atoms with van der Waals surface area (Å²) in [5.41, 5.74) is 6.91. The monoisotopic (exact) mass is 182 g/mol. The second-order valence-electron chi connectivity index (χ2n) is 2.76. The van der Waals surface area contributed by atoms with E-state index in [1.165, 1.54) is 12.0 Å². The number of nitrogens with one attached hydrogen (secondary N) is 1. The predicted octanol–water partition coefficient (Wildman–Crippen LogP) is 1.84. The molecule has 0 radical (unpaired) electrons. The van der Waals surface area contributed by atoms with Crippen molar-refractivity contribution in [2.24, 2.45) is 5.73 Å². The summed E-state index contributed by atoms with van der Waals surface area (Å²) in [6, 6.07) is 0.339.